The van der Waals surface area contributed by atoms with Gasteiger partial charge in [0.05, 0.1) is 11.1 Å². The molecular formula is C16H13Br2N3S. The van der Waals surface area contributed by atoms with E-state index in [9.17, 15) is 0 Å². The van der Waals surface area contributed by atoms with Crippen molar-refractivity contribution in [3.05, 3.63) is 43.9 Å². The highest BCUT2D eigenvalue weighted by atomic mass is 79.9. The van der Waals surface area contributed by atoms with E-state index in [1.807, 2.05) is 29.5 Å². The van der Waals surface area contributed by atoms with Crippen LogP contribution >= 0.6 is 43.2 Å². The van der Waals surface area contributed by atoms with Gasteiger partial charge in [0.2, 0.25) is 0 Å². The first-order valence-corrected chi connectivity index (χ1v) is 9.60. The Labute approximate surface area is 149 Å². The van der Waals surface area contributed by atoms with Crippen LogP contribution in [0.2, 0.25) is 0 Å². The Kier molecular flexibility index (Phi) is 3.92. The van der Waals surface area contributed by atoms with E-state index < -0.39 is 0 Å². The first-order chi connectivity index (χ1) is 10.7. The Morgan fingerprint density at radius 2 is 1.95 bits per heavy atom. The second-order valence-corrected chi connectivity index (χ2v) is 8.22. The van der Waals surface area contributed by atoms with Crippen LogP contribution in [0.15, 0.2) is 33.5 Å². The molecule has 0 unspecified atom stereocenters. The molecule has 0 atom stereocenters. The van der Waals surface area contributed by atoms with Gasteiger partial charge in [-0.05, 0) is 65.4 Å². The van der Waals surface area contributed by atoms with Gasteiger partial charge in [0.1, 0.15) is 17.0 Å². The summed E-state index contributed by atoms with van der Waals surface area (Å²) in [7, 11) is 0. The number of nitrogens with one attached hydrogen (secondary N) is 1. The van der Waals surface area contributed by atoms with Crippen molar-refractivity contribution in [1.82, 2.24) is 9.97 Å². The molecule has 6 heteroatoms. The highest BCUT2D eigenvalue weighted by Crippen LogP contribution is 2.39. The first-order valence-electron chi connectivity index (χ1n) is 7.19. The summed E-state index contributed by atoms with van der Waals surface area (Å²) in [6, 6.07) is 6.10. The zero-order valence-electron chi connectivity index (χ0n) is 11.7. The van der Waals surface area contributed by atoms with E-state index in [1.54, 1.807) is 6.33 Å². The summed E-state index contributed by atoms with van der Waals surface area (Å²) >= 11 is 8.90. The predicted molar refractivity (Wildman–Crippen MR) is 99.2 cm³/mol. The molecule has 22 heavy (non-hydrogen) atoms. The van der Waals surface area contributed by atoms with E-state index in [-0.39, 0.29) is 0 Å². The maximum absolute atomic E-state index is 4.50. The maximum Gasteiger partial charge on any atom is 0.142 e. The van der Waals surface area contributed by atoms with Gasteiger partial charge in [-0.3, -0.25) is 0 Å². The average Bonchev–Trinajstić information content (AvgIpc) is 2.89. The smallest absolute Gasteiger partial charge is 0.142 e. The van der Waals surface area contributed by atoms with Crippen LogP contribution in [0.1, 0.15) is 23.3 Å². The molecule has 2 heterocycles. The first kappa shape index (κ1) is 14.6. The molecule has 0 fully saturated rings. The average molecular weight is 439 g/mol. The molecule has 0 spiro atoms. The van der Waals surface area contributed by atoms with E-state index in [4.69, 9.17) is 0 Å². The number of aromatic nitrogens is 2. The molecular weight excluding hydrogens is 426 g/mol. The van der Waals surface area contributed by atoms with Crippen molar-refractivity contribution in [3.63, 3.8) is 0 Å². The minimum atomic E-state index is 0.910. The molecule has 4 rings (SSSR count). The van der Waals surface area contributed by atoms with Crippen molar-refractivity contribution < 1.29 is 0 Å². The van der Waals surface area contributed by atoms with Crippen molar-refractivity contribution in [2.24, 2.45) is 0 Å². The standard InChI is InChI=1S/C16H13Br2N3S/c17-9-5-6-12(11(18)7-9)21-15-14-10-3-1-2-4-13(10)22-16(14)20-8-19-15/h5-8H,1-4H2,(H,19,20,21). The Bertz CT molecular complexity index is 860. The number of hydrogen-bond donors (Lipinski definition) is 1. The van der Waals surface area contributed by atoms with Crippen LogP contribution in [0.25, 0.3) is 10.2 Å². The number of halogens is 2. The number of rotatable bonds is 2. The Morgan fingerprint density at radius 1 is 1.09 bits per heavy atom. The van der Waals surface area contributed by atoms with E-state index >= 15 is 0 Å². The molecule has 1 aliphatic rings. The second-order valence-electron chi connectivity index (χ2n) is 5.36. The highest BCUT2D eigenvalue weighted by Gasteiger charge is 2.20. The van der Waals surface area contributed by atoms with Gasteiger partial charge in [-0.25, -0.2) is 9.97 Å². The Morgan fingerprint density at radius 3 is 2.82 bits per heavy atom. The van der Waals surface area contributed by atoms with Crippen LogP contribution in [0.3, 0.4) is 0 Å². The number of benzene rings is 1. The summed E-state index contributed by atoms with van der Waals surface area (Å²) in [5.41, 5.74) is 2.46. The van der Waals surface area contributed by atoms with Gasteiger partial charge < -0.3 is 5.32 Å². The lowest BCUT2D eigenvalue weighted by molar-refractivity contribution is 0.700. The van der Waals surface area contributed by atoms with Crippen LogP contribution in [0.4, 0.5) is 11.5 Å². The third kappa shape index (κ3) is 2.57. The molecule has 1 N–H and O–H groups in total. The van der Waals surface area contributed by atoms with Gasteiger partial charge in [-0.2, -0.15) is 0 Å². The molecule has 1 aliphatic carbocycles. The molecule has 1 aromatic carbocycles. The third-order valence-corrected chi connectivity index (χ3v) is 6.28. The van der Waals surface area contributed by atoms with E-state index in [0.717, 1.165) is 31.7 Å². The Balaban J connectivity index is 1.83. The van der Waals surface area contributed by atoms with Crippen molar-refractivity contribution in [1.29, 1.82) is 0 Å². The van der Waals surface area contributed by atoms with Crippen molar-refractivity contribution in [2.75, 3.05) is 5.32 Å². The fourth-order valence-electron chi connectivity index (χ4n) is 2.90. The maximum atomic E-state index is 4.50. The van der Waals surface area contributed by atoms with E-state index in [2.05, 4.69) is 47.1 Å². The normalized spacial score (nSPS) is 14.1. The lowest BCUT2D eigenvalue weighted by atomic mass is 9.97. The summed E-state index contributed by atoms with van der Waals surface area (Å²) in [6.07, 6.45) is 6.51. The lowest BCUT2D eigenvalue weighted by Crippen LogP contribution is -2.01. The third-order valence-electron chi connectivity index (χ3n) is 3.94. The van der Waals surface area contributed by atoms with E-state index in [0.29, 0.717) is 0 Å². The van der Waals surface area contributed by atoms with Crippen molar-refractivity contribution in [3.8, 4) is 0 Å². The minimum Gasteiger partial charge on any atom is -0.339 e. The molecule has 0 aliphatic heterocycles. The number of hydrogen-bond acceptors (Lipinski definition) is 4. The second kappa shape index (κ2) is 5.91. The molecule has 0 amide bonds. The molecule has 0 saturated carbocycles. The molecule has 0 radical (unpaired) electrons. The van der Waals surface area contributed by atoms with Gasteiger partial charge in [-0.15, -0.1) is 11.3 Å². The van der Waals surface area contributed by atoms with Gasteiger partial charge >= 0.3 is 0 Å². The number of fused-ring (bicyclic) bond motifs is 3. The largest absolute Gasteiger partial charge is 0.339 e. The summed E-state index contributed by atoms with van der Waals surface area (Å²) in [5, 5.41) is 4.67. The summed E-state index contributed by atoms with van der Waals surface area (Å²) in [4.78, 5) is 11.6. The van der Waals surface area contributed by atoms with Gasteiger partial charge in [0.25, 0.3) is 0 Å². The number of nitrogens with zero attached hydrogens (tertiary/aromatic N) is 2. The van der Waals surface area contributed by atoms with Crippen molar-refractivity contribution >= 4 is 64.9 Å². The minimum absolute atomic E-state index is 0.910. The number of anilines is 2. The molecule has 0 bridgehead atoms. The quantitative estimate of drug-likeness (QED) is 0.546. The molecule has 112 valence electrons. The predicted octanol–water partition coefficient (Wildman–Crippen LogP) is 5.84. The van der Waals surface area contributed by atoms with Crippen LogP contribution in [-0.4, -0.2) is 9.97 Å². The molecule has 0 saturated heterocycles. The topological polar surface area (TPSA) is 37.8 Å². The zero-order chi connectivity index (χ0) is 15.1. The number of aryl methyl sites for hydroxylation is 2. The van der Waals surface area contributed by atoms with Crippen LogP contribution in [0, 0.1) is 0 Å². The summed E-state index contributed by atoms with van der Waals surface area (Å²) in [6.45, 7) is 0. The van der Waals surface area contributed by atoms with Crippen LogP contribution in [0.5, 0.6) is 0 Å². The van der Waals surface area contributed by atoms with Gasteiger partial charge in [-0.1, -0.05) is 15.9 Å². The Hall–Kier alpha value is -0.980. The SMILES string of the molecule is Brc1ccc(Nc2ncnc3sc4c(c23)CCCC4)c(Br)c1. The van der Waals surface area contributed by atoms with Crippen molar-refractivity contribution in [2.45, 2.75) is 25.7 Å². The fourth-order valence-corrected chi connectivity index (χ4v) is 5.28. The van der Waals surface area contributed by atoms with Crippen LogP contribution in [-0.2, 0) is 12.8 Å². The monoisotopic (exact) mass is 437 g/mol. The van der Waals surface area contributed by atoms with Gasteiger partial charge in [0.15, 0.2) is 0 Å². The van der Waals surface area contributed by atoms with E-state index in [1.165, 1.54) is 35.1 Å². The molecule has 3 aromatic rings. The molecule has 2 aromatic heterocycles. The van der Waals surface area contributed by atoms with Crippen LogP contribution < -0.4 is 5.32 Å². The lowest BCUT2D eigenvalue weighted by Gasteiger charge is -2.13. The molecule has 3 nitrogen and oxygen atoms in total. The fraction of sp³-hybridized carbons (Fsp3) is 0.250. The summed E-state index contributed by atoms with van der Waals surface area (Å²) < 4.78 is 2.06. The summed E-state index contributed by atoms with van der Waals surface area (Å²) in [5.74, 6) is 0.910. The van der Waals surface area contributed by atoms with Gasteiger partial charge in [0, 0.05) is 13.8 Å². The highest BCUT2D eigenvalue weighted by molar-refractivity contribution is 9.11. The zero-order valence-corrected chi connectivity index (χ0v) is 15.7. The number of thiophene rings is 1.